The summed E-state index contributed by atoms with van der Waals surface area (Å²) >= 11 is 0. The lowest BCUT2D eigenvalue weighted by Crippen LogP contribution is -2.42. The van der Waals surface area contributed by atoms with Crippen molar-refractivity contribution in [2.75, 3.05) is 17.8 Å². The number of likely N-dealkylation sites (tertiary alicyclic amines) is 1. The summed E-state index contributed by atoms with van der Waals surface area (Å²) in [5, 5.41) is 0. The summed E-state index contributed by atoms with van der Waals surface area (Å²) in [7, 11) is -3.72. The van der Waals surface area contributed by atoms with Crippen LogP contribution in [0.2, 0.25) is 0 Å². The Balaban J connectivity index is 0.00000280. The molecule has 1 aliphatic heterocycles. The monoisotopic (exact) mass is 423 g/mol. The van der Waals surface area contributed by atoms with Gasteiger partial charge < -0.3 is 10.6 Å². The SMILES string of the molecule is Cc1cccc(NS(=O)(=O)c2ccc(C(=O)N3CCC(N)CC3)cc2)c1C.Cl. The molecule has 0 aromatic heterocycles. The maximum absolute atomic E-state index is 12.7. The number of hydrogen-bond acceptors (Lipinski definition) is 4. The molecule has 0 saturated carbocycles. The Morgan fingerprint density at radius 2 is 1.68 bits per heavy atom. The topological polar surface area (TPSA) is 92.5 Å². The lowest BCUT2D eigenvalue weighted by molar-refractivity contribution is 0.0714. The molecule has 0 spiro atoms. The van der Waals surface area contributed by atoms with E-state index >= 15 is 0 Å². The molecule has 1 fully saturated rings. The van der Waals surface area contributed by atoms with Gasteiger partial charge in [0.1, 0.15) is 0 Å². The Morgan fingerprint density at radius 3 is 2.29 bits per heavy atom. The van der Waals surface area contributed by atoms with Crippen molar-refractivity contribution in [1.82, 2.24) is 4.90 Å². The molecule has 0 aliphatic carbocycles. The van der Waals surface area contributed by atoms with Crippen molar-refractivity contribution in [1.29, 1.82) is 0 Å². The summed E-state index contributed by atoms with van der Waals surface area (Å²) in [6.07, 6.45) is 1.58. The number of benzene rings is 2. The van der Waals surface area contributed by atoms with Gasteiger partial charge in [0, 0.05) is 24.7 Å². The Hall–Kier alpha value is -2.09. The van der Waals surface area contributed by atoms with Gasteiger partial charge in [-0.1, -0.05) is 12.1 Å². The average molecular weight is 424 g/mol. The van der Waals surface area contributed by atoms with Gasteiger partial charge in [0.05, 0.1) is 10.6 Å². The molecule has 0 bridgehead atoms. The van der Waals surface area contributed by atoms with Crippen LogP contribution in [0, 0.1) is 13.8 Å². The number of amides is 1. The molecular weight excluding hydrogens is 398 g/mol. The number of piperidine rings is 1. The second kappa shape index (κ2) is 8.94. The van der Waals surface area contributed by atoms with Crippen LogP contribution in [0.15, 0.2) is 47.4 Å². The molecule has 0 unspecified atom stereocenters. The predicted molar refractivity (Wildman–Crippen MR) is 114 cm³/mol. The lowest BCUT2D eigenvalue weighted by Gasteiger charge is -2.30. The van der Waals surface area contributed by atoms with Gasteiger partial charge >= 0.3 is 0 Å². The number of carbonyl (C=O) groups is 1. The van der Waals surface area contributed by atoms with Gasteiger partial charge in [-0.2, -0.15) is 0 Å². The maximum atomic E-state index is 12.7. The fourth-order valence-electron chi connectivity index (χ4n) is 3.13. The van der Waals surface area contributed by atoms with E-state index in [1.165, 1.54) is 12.1 Å². The minimum Gasteiger partial charge on any atom is -0.339 e. The van der Waals surface area contributed by atoms with E-state index in [0.717, 1.165) is 24.0 Å². The van der Waals surface area contributed by atoms with Crippen LogP contribution in [-0.2, 0) is 10.0 Å². The summed E-state index contributed by atoms with van der Waals surface area (Å²) < 4.78 is 28.0. The first-order valence-electron chi connectivity index (χ1n) is 9.02. The lowest BCUT2D eigenvalue weighted by atomic mass is 10.1. The zero-order valence-corrected chi connectivity index (χ0v) is 17.6. The Morgan fingerprint density at radius 1 is 1.07 bits per heavy atom. The van der Waals surface area contributed by atoms with Crippen molar-refractivity contribution in [3.63, 3.8) is 0 Å². The molecular formula is C20H26ClN3O3S. The van der Waals surface area contributed by atoms with Crippen LogP contribution < -0.4 is 10.5 Å². The third-order valence-corrected chi connectivity index (χ3v) is 6.47. The van der Waals surface area contributed by atoms with Gasteiger partial charge in [0.25, 0.3) is 15.9 Å². The van der Waals surface area contributed by atoms with E-state index in [1.807, 2.05) is 26.0 Å². The molecule has 1 amide bonds. The van der Waals surface area contributed by atoms with E-state index in [9.17, 15) is 13.2 Å². The van der Waals surface area contributed by atoms with Crippen molar-refractivity contribution in [2.45, 2.75) is 37.6 Å². The number of aryl methyl sites for hydroxylation is 1. The molecule has 3 N–H and O–H groups in total. The van der Waals surface area contributed by atoms with Crippen LogP contribution in [0.5, 0.6) is 0 Å². The summed E-state index contributed by atoms with van der Waals surface area (Å²) in [5.41, 5.74) is 8.81. The van der Waals surface area contributed by atoms with Gasteiger partial charge in [-0.05, 0) is 68.1 Å². The van der Waals surface area contributed by atoms with Crippen molar-refractivity contribution in [3.05, 3.63) is 59.2 Å². The number of halogens is 1. The first-order chi connectivity index (χ1) is 12.8. The van der Waals surface area contributed by atoms with Crippen LogP contribution in [0.4, 0.5) is 5.69 Å². The molecule has 1 saturated heterocycles. The Bertz CT molecular complexity index is 938. The number of hydrogen-bond donors (Lipinski definition) is 2. The third kappa shape index (κ3) is 4.84. The molecule has 28 heavy (non-hydrogen) atoms. The largest absolute Gasteiger partial charge is 0.339 e. The van der Waals surface area contributed by atoms with Gasteiger partial charge in [-0.25, -0.2) is 8.42 Å². The molecule has 2 aromatic carbocycles. The summed E-state index contributed by atoms with van der Waals surface area (Å²) in [5.74, 6) is -0.0895. The van der Waals surface area contributed by atoms with E-state index in [1.54, 1.807) is 23.1 Å². The quantitative estimate of drug-likeness (QED) is 0.790. The van der Waals surface area contributed by atoms with Crippen LogP contribution in [-0.4, -0.2) is 38.4 Å². The molecule has 3 rings (SSSR count). The second-order valence-corrected chi connectivity index (χ2v) is 8.69. The molecule has 152 valence electrons. The van der Waals surface area contributed by atoms with Crippen LogP contribution in [0.25, 0.3) is 0 Å². The highest BCUT2D eigenvalue weighted by molar-refractivity contribution is 7.92. The van der Waals surface area contributed by atoms with Crippen molar-refractivity contribution < 1.29 is 13.2 Å². The van der Waals surface area contributed by atoms with Gasteiger partial charge in [0.2, 0.25) is 0 Å². The normalized spacial score (nSPS) is 15.0. The van der Waals surface area contributed by atoms with Crippen LogP contribution in [0.3, 0.4) is 0 Å². The Labute approximate surface area is 172 Å². The fraction of sp³-hybridized carbons (Fsp3) is 0.350. The van der Waals surface area contributed by atoms with Crippen molar-refractivity contribution in [2.24, 2.45) is 5.73 Å². The van der Waals surface area contributed by atoms with Crippen molar-refractivity contribution in [3.8, 4) is 0 Å². The number of carbonyl (C=O) groups excluding carboxylic acids is 1. The second-order valence-electron chi connectivity index (χ2n) is 7.01. The first-order valence-corrected chi connectivity index (χ1v) is 10.5. The number of sulfonamides is 1. The van der Waals surface area contributed by atoms with Gasteiger partial charge in [-0.3, -0.25) is 9.52 Å². The highest BCUT2D eigenvalue weighted by atomic mass is 35.5. The standard InChI is InChI=1S/C20H25N3O3S.ClH/c1-14-4-3-5-19(15(14)2)22-27(25,26)18-8-6-16(7-9-18)20(24)23-12-10-17(21)11-13-23;/h3-9,17,22H,10-13,21H2,1-2H3;1H. The number of nitrogens with one attached hydrogen (secondary N) is 1. The third-order valence-electron chi connectivity index (χ3n) is 5.09. The summed E-state index contributed by atoms with van der Waals surface area (Å²) in [4.78, 5) is 14.5. The van der Waals surface area contributed by atoms with E-state index < -0.39 is 10.0 Å². The highest BCUT2D eigenvalue weighted by Gasteiger charge is 2.22. The van der Waals surface area contributed by atoms with E-state index in [-0.39, 0.29) is 29.3 Å². The van der Waals surface area contributed by atoms with Crippen LogP contribution in [0.1, 0.15) is 34.3 Å². The Kier molecular flexibility index (Phi) is 7.09. The maximum Gasteiger partial charge on any atom is 0.261 e. The molecule has 1 heterocycles. The fourth-order valence-corrected chi connectivity index (χ4v) is 4.25. The van der Waals surface area contributed by atoms with E-state index in [4.69, 9.17) is 5.73 Å². The summed E-state index contributed by atoms with van der Waals surface area (Å²) in [6, 6.07) is 11.7. The first kappa shape index (κ1) is 22.2. The average Bonchev–Trinajstić information content (AvgIpc) is 2.65. The molecule has 6 nitrogen and oxygen atoms in total. The smallest absolute Gasteiger partial charge is 0.261 e. The minimum atomic E-state index is -3.72. The number of nitrogens with two attached hydrogens (primary N) is 1. The van der Waals surface area contributed by atoms with Gasteiger partial charge in [0.15, 0.2) is 0 Å². The molecule has 0 radical (unpaired) electrons. The summed E-state index contributed by atoms with van der Waals surface area (Å²) in [6.45, 7) is 5.07. The van der Waals surface area contributed by atoms with E-state index in [2.05, 4.69) is 4.72 Å². The minimum absolute atomic E-state index is 0. The zero-order chi connectivity index (χ0) is 19.6. The number of nitrogens with zero attached hydrogens (tertiary/aromatic N) is 1. The van der Waals surface area contributed by atoms with E-state index in [0.29, 0.717) is 24.3 Å². The molecule has 8 heteroatoms. The molecule has 0 atom stereocenters. The van der Waals surface area contributed by atoms with Crippen LogP contribution >= 0.6 is 12.4 Å². The zero-order valence-electron chi connectivity index (χ0n) is 16.0. The van der Waals surface area contributed by atoms with Gasteiger partial charge in [-0.15, -0.1) is 12.4 Å². The highest BCUT2D eigenvalue weighted by Crippen LogP contribution is 2.22. The molecule has 1 aliphatic rings. The van der Waals surface area contributed by atoms with Crippen molar-refractivity contribution >= 4 is 34.0 Å². The predicted octanol–water partition coefficient (Wildman–Crippen LogP) is 3.09. The number of rotatable bonds is 4. The number of anilines is 1. The molecule has 2 aromatic rings.